The SMILES string of the molecule is CC(C)n1ncc2cc(C(=O)N3CCN(c4ccccc4[N+](=O)[O-])CC3)cnc21. The Kier molecular flexibility index (Phi) is 4.87. The van der Waals surface area contributed by atoms with Gasteiger partial charge < -0.3 is 9.80 Å². The molecule has 0 aliphatic carbocycles. The third kappa shape index (κ3) is 3.51. The number of benzene rings is 1. The molecule has 0 atom stereocenters. The quantitative estimate of drug-likeness (QED) is 0.499. The van der Waals surface area contributed by atoms with Crippen LogP contribution < -0.4 is 4.90 Å². The smallest absolute Gasteiger partial charge is 0.292 e. The lowest BCUT2D eigenvalue weighted by atomic mass is 10.1. The average Bonchev–Trinajstić information content (AvgIpc) is 3.17. The van der Waals surface area contributed by atoms with Crippen molar-refractivity contribution in [2.45, 2.75) is 19.9 Å². The van der Waals surface area contributed by atoms with Crippen LogP contribution in [-0.4, -0.2) is 56.7 Å². The van der Waals surface area contributed by atoms with E-state index in [1.165, 1.54) is 6.07 Å². The van der Waals surface area contributed by atoms with Gasteiger partial charge in [0.15, 0.2) is 5.65 Å². The van der Waals surface area contributed by atoms with Crippen molar-refractivity contribution in [1.82, 2.24) is 19.7 Å². The highest BCUT2D eigenvalue weighted by molar-refractivity contribution is 5.97. The van der Waals surface area contributed by atoms with Gasteiger partial charge in [-0.2, -0.15) is 5.10 Å². The third-order valence-corrected chi connectivity index (χ3v) is 5.16. The summed E-state index contributed by atoms with van der Waals surface area (Å²) < 4.78 is 1.83. The number of para-hydroxylation sites is 2. The molecule has 9 nitrogen and oxygen atoms in total. The molecule has 0 saturated carbocycles. The van der Waals surface area contributed by atoms with Crippen LogP contribution in [0.5, 0.6) is 0 Å². The maximum atomic E-state index is 12.9. The monoisotopic (exact) mass is 394 g/mol. The first-order valence-corrected chi connectivity index (χ1v) is 9.56. The van der Waals surface area contributed by atoms with Gasteiger partial charge in [0, 0.05) is 49.9 Å². The third-order valence-electron chi connectivity index (χ3n) is 5.16. The summed E-state index contributed by atoms with van der Waals surface area (Å²) in [6.07, 6.45) is 3.32. The molecule has 2 aromatic heterocycles. The average molecular weight is 394 g/mol. The highest BCUT2D eigenvalue weighted by Gasteiger charge is 2.26. The van der Waals surface area contributed by atoms with Crippen molar-refractivity contribution >= 4 is 28.3 Å². The van der Waals surface area contributed by atoms with E-state index in [9.17, 15) is 14.9 Å². The topological polar surface area (TPSA) is 97.4 Å². The minimum absolute atomic E-state index is 0.0843. The molecule has 1 aromatic carbocycles. The standard InChI is InChI=1S/C20H22N6O3/c1-14(2)25-19-15(13-22-25)11-16(12-21-19)20(27)24-9-7-23(8-10-24)17-5-3-4-6-18(17)26(28)29/h3-6,11-14H,7-10H2,1-2H3. The van der Waals surface area contributed by atoms with Gasteiger partial charge in [0.05, 0.1) is 16.7 Å². The summed E-state index contributed by atoms with van der Waals surface area (Å²) >= 11 is 0. The molecule has 9 heteroatoms. The molecule has 1 saturated heterocycles. The van der Waals surface area contributed by atoms with Gasteiger partial charge in [0.25, 0.3) is 11.6 Å². The molecule has 3 heterocycles. The number of fused-ring (bicyclic) bond motifs is 1. The highest BCUT2D eigenvalue weighted by atomic mass is 16.6. The zero-order valence-electron chi connectivity index (χ0n) is 16.4. The van der Waals surface area contributed by atoms with Crippen LogP contribution in [-0.2, 0) is 0 Å². The molecule has 0 N–H and O–H groups in total. The lowest BCUT2D eigenvalue weighted by Gasteiger charge is -2.35. The van der Waals surface area contributed by atoms with Gasteiger partial charge in [-0.05, 0) is 26.0 Å². The van der Waals surface area contributed by atoms with Crippen molar-refractivity contribution in [3.63, 3.8) is 0 Å². The van der Waals surface area contributed by atoms with E-state index in [0.29, 0.717) is 37.4 Å². The lowest BCUT2D eigenvalue weighted by Crippen LogP contribution is -2.49. The predicted octanol–water partition coefficient (Wildman–Crippen LogP) is 2.88. The molecule has 150 valence electrons. The number of aromatic nitrogens is 3. The number of amides is 1. The van der Waals surface area contributed by atoms with E-state index in [-0.39, 0.29) is 22.6 Å². The van der Waals surface area contributed by atoms with Gasteiger partial charge in [-0.15, -0.1) is 0 Å². The second kappa shape index (κ2) is 7.50. The summed E-state index contributed by atoms with van der Waals surface area (Å²) in [6.45, 7) is 6.13. The Balaban J connectivity index is 1.48. The molecule has 0 unspecified atom stereocenters. The van der Waals surface area contributed by atoms with Gasteiger partial charge in [0.2, 0.25) is 0 Å². The van der Waals surface area contributed by atoms with E-state index in [0.717, 1.165) is 11.0 Å². The predicted molar refractivity (Wildman–Crippen MR) is 109 cm³/mol. The lowest BCUT2D eigenvalue weighted by molar-refractivity contribution is -0.384. The van der Waals surface area contributed by atoms with Crippen molar-refractivity contribution in [2.75, 3.05) is 31.1 Å². The van der Waals surface area contributed by atoms with E-state index >= 15 is 0 Å². The van der Waals surface area contributed by atoms with Gasteiger partial charge >= 0.3 is 0 Å². The number of rotatable bonds is 4. The number of nitro benzene ring substituents is 1. The highest BCUT2D eigenvalue weighted by Crippen LogP contribution is 2.28. The van der Waals surface area contributed by atoms with Crippen molar-refractivity contribution in [1.29, 1.82) is 0 Å². The van der Waals surface area contributed by atoms with E-state index < -0.39 is 0 Å². The minimum Gasteiger partial charge on any atom is -0.362 e. The van der Waals surface area contributed by atoms with E-state index in [1.54, 1.807) is 35.5 Å². The van der Waals surface area contributed by atoms with Gasteiger partial charge in [-0.3, -0.25) is 14.9 Å². The summed E-state index contributed by atoms with van der Waals surface area (Å²) in [7, 11) is 0. The normalized spacial score (nSPS) is 14.6. The van der Waals surface area contributed by atoms with Crippen molar-refractivity contribution in [3.8, 4) is 0 Å². The second-order valence-corrected chi connectivity index (χ2v) is 7.34. The zero-order valence-corrected chi connectivity index (χ0v) is 16.4. The number of anilines is 1. The van der Waals surface area contributed by atoms with Crippen molar-refractivity contribution in [3.05, 3.63) is 58.4 Å². The Morgan fingerprint density at radius 2 is 1.86 bits per heavy atom. The summed E-state index contributed by atoms with van der Waals surface area (Å²) in [5, 5.41) is 16.5. The van der Waals surface area contributed by atoms with Gasteiger partial charge in [-0.25, -0.2) is 9.67 Å². The number of carbonyl (C=O) groups is 1. The Hall–Kier alpha value is -3.49. The fourth-order valence-corrected chi connectivity index (χ4v) is 3.65. The number of piperazine rings is 1. The number of pyridine rings is 1. The van der Waals surface area contributed by atoms with Crippen LogP contribution >= 0.6 is 0 Å². The first-order valence-electron chi connectivity index (χ1n) is 9.56. The summed E-state index contributed by atoms with van der Waals surface area (Å²) in [5.41, 5.74) is 1.97. The number of nitrogens with zero attached hydrogens (tertiary/aromatic N) is 6. The molecular weight excluding hydrogens is 372 g/mol. The molecule has 1 aliphatic rings. The Bertz CT molecular complexity index is 1070. The van der Waals surface area contributed by atoms with Crippen molar-refractivity contribution in [2.24, 2.45) is 0 Å². The van der Waals surface area contributed by atoms with Crippen molar-refractivity contribution < 1.29 is 9.72 Å². The first kappa shape index (κ1) is 18.9. The number of carbonyl (C=O) groups excluding carboxylic acids is 1. The Morgan fingerprint density at radius 1 is 1.14 bits per heavy atom. The number of hydrogen-bond donors (Lipinski definition) is 0. The minimum atomic E-state index is -0.370. The van der Waals surface area contributed by atoms with Crippen LogP contribution in [0.15, 0.2) is 42.7 Å². The second-order valence-electron chi connectivity index (χ2n) is 7.34. The first-order chi connectivity index (χ1) is 14.0. The van der Waals surface area contributed by atoms with Crippen LogP contribution in [0.4, 0.5) is 11.4 Å². The Labute approximate surface area is 167 Å². The van der Waals surface area contributed by atoms with Crippen LogP contribution in [0.25, 0.3) is 11.0 Å². The molecule has 29 heavy (non-hydrogen) atoms. The Morgan fingerprint density at radius 3 is 2.55 bits per heavy atom. The fourth-order valence-electron chi connectivity index (χ4n) is 3.65. The molecule has 3 aromatic rings. The van der Waals surface area contributed by atoms with E-state index in [1.807, 2.05) is 29.5 Å². The van der Waals surface area contributed by atoms with Gasteiger partial charge in [0.1, 0.15) is 5.69 Å². The van der Waals surface area contributed by atoms with Crippen LogP contribution in [0.3, 0.4) is 0 Å². The maximum absolute atomic E-state index is 12.9. The van der Waals surface area contributed by atoms with E-state index in [4.69, 9.17) is 0 Å². The van der Waals surface area contributed by atoms with Crippen LogP contribution in [0.1, 0.15) is 30.2 Å². The molecule has 4 rings (SSSR count). The number of hydrogen-bond acceptors (Lipinski definition) is 6. The summed E-state index contributed by atoms with van der Waals surface area (Å²) in [5.74, 6) is -0.0843. The zero-order chi connectivity index (χ0) is 20.5. The van der Waals surface area contributed by atoms with Crippen LogP contribution in [0, 0.1) is 10.1 Å². The summed E-state index contributed by atoms with van der Waals surface area (Å²) in [4.78, 5) is 32.0. The number of nitro groups is 1. The molecule has 1 aliphatic heterocycles. The molecule has 0 spiro atoms. The molecule has 1 amide bonds. The maximum Gasteiger partial charge on any atom is 0.292 e. The van der Waals surface area contributed by atoms with Crippen LogP contribution in [0.2, 0.25) is 0 Å². The summed E-state index contributed by atoms with van der Waals surface area (Å²) in [6, 6.07) is 8.72. The molecule has 0 radical (unpaired) electrons. The molecule has 1 fully saturated rings. The molecular formula is C20H22N6O3. The fraction of sp³-hybridized carbons (Fsp3) is 0.350. The van der Waals surface area contributed by atoms with E-state index in [2.05, 4.69) is 10.1 Å². The largest absolute Gasteiger partial charge is 0.362 e. The molecule has 0 bridgehead atoms. The van der Waals surface area contributed by atoms with Gasteiger partial charge in [-0.1, -0.05) is 12.1 Å².